The first-order chi connectivity index (χ1) is 7.10. The molecule has 0 radical (unpaired) electrons. The van der Waals surface area contributed by atoms with Crippen molar-refractivity contribution >= 4 is 12.6 Å². The molecule has 1 atom stereocenters. The third-order valence-electron chi connectivity index (χ3n) is 1.82. The van der Waals surface area contributed by atoms with E-state index in [4.69, 9.17) is 0 Å². The Balaban J connectivity index is 4.02. The molecule has 0 aromatic rings. The van der Waals surface area contributed by atoms with Gasteiger partial charge in [0.15, 0.2) is 0 Å². The third kappa shape index (κ3) is 7.64. The Bertz CT molecular complexity index is 270. The first kappa shape index (κ1) is 13.6. The van der Waals surface area contributed by atoms with Gasteiger partial charge in [-0.15, -0.1) is 0 Å². The summed E-state index contributed by atoms with van der Waals surface area (Å²) < 4.78 is 0. The normalized spacial score (nSPS) is 13.9. The van der Waals surface area contributed by atoms with Crippen LogP contribution in [0.4, 0.5) is 0 Å². The summed E-state index contributed by atoms with van der Waals surface area (Å²) in [6.45, 7) is 6.89. The van der Waals surface area contributed by atoms with Crippen LogP contribution in [0.3, 0.4) is 0 Å². The molecule has 0 rings (SSSR count). The van der Waals surface area contributed by atoms with E-state index in [-0.39, 0.29) is 12.5 Å². The fraction of sp³-hybridized carbons (Fsp3) is 0.455. The van der Waals surface area contributed by atoms with E-state index in [2.05, 4.69) is 17.0 Å². The van der Waals surface area contributed by atoms with Gasteiger partial charge in [-0.05, 0) is 31.7 Å². The average Bonchev–Trinajstić information content (AvgIpc) is 2.21. The summed E-state index contributed by atoms with van der Waals surface area (Å²) in [5.74, 6) is -0.139. The van der Waals surface area contributed by atoms with Crippen LogP contribution in [-0.2, 0) is 4.79 Å². The molecule has 0 saturated heterocycles. The zero-order chi connectivity index (χ0) is 11.7. The van der Waals surface area contributed by atoms with Crippen LogP contribution < -0.4 is 5.32 Å². The van der Waals surface area contributed by atoms with Gasteiger partial charge in [0.2, 0.25) is 5.91 Å². The second-order valence-electron chi connectivity index (χ2n) is 3.16. The van der Waals surface area contributed by atoms with E-state index in [0.29, 0.717) is 6.42 Å². The summed E-state index contributed by atoms with van der Waals surface area (Å²) in [5.41, 5.74) is 0.959. The number of nitrogens with zero attached hydrogens (tertiary/aromatic N) is 1. The smallest absolute Gasteiger partial charge is 0.216 e. The highest BCUT2D eigenvalue weighted by molar-refractivity contribution is 5.72. The van der Waals surface area contributed by atoms with Crippen LogP contribution in [0.25, 0.3) is 0 Å². The number of hydrogen-bond donors (Lipinski definition) is 2. The second kappa shape index (κ2) is 7.94. The maximum Gasteiger partial charge on any atom is 0.216 e. The van der Waals surface area contributed by atoms with Crippen molar-refractivity contribution in [1.82, 2.24) is 5.32 Å². The molecule has 0 fully saturated rings. The Morgan fingerprint density at radius 3 is 2.80 bits per heavy atom. The topological polar surface area (TPSA) is 61.7 Å². The van der Waals surface area contributed by atoms with Crippen LogP contribution in [-0.4, -0.2) is 30.4 Å². The molecule has 0 spiro atoms. The Morgan fingerprint density at radius 1 is 1.67 bits per heavy atom. The van der Waals surface area contributed by atoms with Gasteiger partial charge in [0.25, 0.3) is 0 Å². The average molecular weight is 210 g/mol. The van der Waals surface area contributed by atoms with Gasteiger partial charge in [-0.2, -0.15) is 0 Å². The lowest BCUT2D eigenvalue weighted by Crippen LogP contribution is -2.30. The van der Waals surface area contributed by atoms with Gasteiger partial charge in [-0.25, -0.2) is 0 Å². The SMILES string of the molecule is C=N/C=C\C(=C/C)CC(O)CNC(C)=O. The summed E-state index contributed by atoms with van der Waals surface area (Å²) in [5, 5.41) is 12.1. The number of aliphatic hydroxyl groups is 1. The van der Waals surface area contributed by atoms with Gasteiger partial charge >= 0.3 is 0 Å². The predicted molar refractivity (Wildman–Crippen MR) is 61.8 cm³/mol. The van der Waals surface area contributed by atoms with Crippen molar-refractivity contribution < 1.29 is 9.90 Å². The van der Waals surface area contributed by atoms with Crippen molar-refractivity contribution in [2.45, 2.75) is 26.4 Å². The fourth-order valence-electron chi connectivity index (χ4n) is 1.04. The molecule has 2 N–H and O–H groups in total. The zero-order valence-corrected chi connectivity index (χ0v) is 9.23. The fourth-order valence-corrected chi connectivity index (χ4v) is 1.04. The summed E-state index contributed by atoms with van der Waals surface area (Å²) in [7, 11) is 0. The van der Waals surface area contributed by atoms with Crippen molar-refractivity contribution in [3.8, 4) is 0 Å². The van der Waals surface area contributed by atoms with Crippen LogP contribution in [0.1, 0.15) is 20.3 Å². The van der Waals surface area contributed by atoms with Crippen molar-refractivity contribution in [2.75, 3.05) is 6.54 Å². The number of aliphatic hydroxyl groups excluding tert-OH is 1. The molecule has 84 valence electrons. The van der Waals surface area contributed by atoms with E-state index >= 15 is 0 Å². The Kier molecular flexibility index (Phi) is 7.18. The lowest BCUT2D eigenvalue weighted by Gasteiger charge is -2.11. The predicted octanol–water partition coefficient (Wildman–Crippen LogP) is 1.03. The second-order valence-corrected chi connectivity index (χ2v) is 3.16. The number of aliphatic imine (C=N–C) groups is 1. The number of allylic oxidation sites excluding steroid dienone is 2. The van der Waals surface area contributed by atoms with E-state index in [9.17, 15) is 9.90 Å². The highest BCUT2D eigenvalue weighted by Crippen LogP contribution is 2.06. The minimum Gasteiger partial charge on any atom is -0.391 e. The number of rotatable bonds is 6. The minimum atomic E-state index is -0.574. The van der Waals surface area contributed by atoms with Crippen LogP contribution in [0, 0.1) is 0 Å². The maximum atomic E-state index is 10.6. The van der Waals surface area contributed by atoms with Crippen LogP contribution >= 0.6 is 0 Å². The molecule has 4 heteroatoms. The van der Waals surface area contributed by atoms with E-state index in [1.807, 2.05) is 13.0 Å². The van der Waals surface area contributed by atoms with Crippen molar-refractivity contribution in [1.29, 1.82) is 0 Å². The number of amides is 1. The number of nitrogens with one attached hydrogen (secondary N) is 1. The molecular formula is C11H18N2O2. The monoisotopic (exact) mass is 210 g/mol. The number of hydrogen-bond acceptors (Lipinski definition) is 3. The lowest BCUT2D eigenvalue weighted by atomic mass is 10.1. The quantitative estimate of drug-likeness (QED) is 0.508. The zero-order valence-electron chi connectivity index (χ0n) is 9.23. The van der Waals surface area contributed by atoms with E-state index in [0.717, 1.165) is 5.57 Å². The standard InChI is InChI=1S/C11H18N2O2/c1-4-10(5-6-12-3)7-11(15)8-13-9(2)14/h4-6,11,15H,3,7-8H2,1-2H3,(H,13,14)/b6-5-,10-4+. The highest BCUT2D eigenvalue weighted by Gasteiger charge is 2.05. The Morgan fingerprint density at radius 2 is 2.33 bits per heavy atom. The molecule has 0 aliphatic rings. The number of carbonyl (C=O) groups is 1. The Labute approximate surface area is 90.4 Å². The number of carbonyl (C=O) groups excluding carboxylic acids is 1. The molecule has 0 bridgehead atoms. The summed E-state index contributed by atoms with van der Waals surface area (Å²) in [6, 6.07) is 0. The summed E-state index contributed by atoms with van der Waals surface area (Å²) >= 11 is 0. The first-order valence-corrected chi connectivity index (χ1v) is 4.80. The molecule has 15 heavy (non-hydrogen) atoms. The maximum absolute atomic E-state index is 10.6. The van der Waals surface area contributed by atoms with Crippen molar-refractivity contribution in [3.63, 3.8) is 0 Å². The molecule has 0 aliphatic carbocycles. The van der Waals surface area contributed by atoms with Gasteiger partial charge in [0.1, 0.15) is 0 Å². The van der Waals surface area contributed by atoms with Gasteiger partial charge < -0.3 is 10.4 Å². The molecule has 1 unspecified atom stereocenters. The Hall–Kier alpha value is -1.42. The first-order valence-electron chi connectivity index (χ1n) is 4.80. The largest absolute Gasteiger partial charge is 0.391 e. The third-order valence-corrected chi connectivity index (χ3v) is 1.82. The van der Waals surface area contributed by atoms with Crippen molar-refractivity contribution in [2.24, 2.45) is 4.99 Å². The molecular weight excluding hydrogens is 192 g/mol. The van der Waals surface area contributed by atoms with Gasteiger partial charge in [0, 0.05) is 19.7 Å². The summed E-state index contributed by atoms with van der Waals surface area (Å²) in [4.78, 5) is 14.2. The molecule has 0 saturated carbocycles. The van der Waals surface area contributed by atoms with Crippen molar-refractivity contribution in [3.05, 3.63) is 23.9 Å². The minimum absolute atomic E-state index is 0.139. The molecule has 4 nitrogen and oxygen atoms in total. The van der Waals surface area contributed by atoms with E-state index in [1.54, 1.807) is 12.3 Å². The van der Waals surface area contributed by atoms with Crippen LogP contribution in [0.5, 0.6) is 0 Å². The molecule has 0 aromatic carbocycles. The van der Waals surface area contributed by atoms with E-state index in [1.165, 1.54) is 6.92 Å². The lowest BCUT2D eigenvalue weighted by molar-refractivity contribution is -0.119. The van der Waals surface area contributed by atoms with Crippen LogP contribution in [0.2, 0.25) is 0 Å². The molecule has 1 amide bonds. The van der Waals surface area contributed by atoms with Gasteiger partial charge in [-0.3, -0.25) is 9.79 Å². The molecule has 0 heterocycles. The van der Waals surface area contributed by atoms with Gasteiger partial charge in [-0.1, -0.05) is 6.08 Å². The highest BCUT2D eigenvalue weighted by atomic mass is 16.3. The molecule has 0 aliphatic heterocycles. The molecule has 0 aromatic heterocycles. The van der Waals surface area contributed by atoms with Gasteiger partial charge in [0.05, 0.1) is 6.10 Å². The van der Waals surface area contributed by atoms with Crippen LogP contribution in [0.15, 0.2) is 28.9 Å². The van der Waals surface area contributed by atoms with E-state index < -0.39 is 6.10 Å². The summed E-state index contributed by atoms with van der Waals surface area (Å²) in [6.07, 6.45) is 5.15.